The smallest absolute Gasteiger partial charge is 0.266 e. The van der Waals surface area contributed by atoms with Crippen molar-refractivity contribution in [1.82, 2.24) is 9.55 Å². The van der Waals surface area contributed by atoms with E-state index in [-0.39, 0.29) is 5.56 Å². The second-order valence-electron chi connectivity index (χ2n) is 6.82. The van der Waals surface area contributed by atoms with Crippen molar-refractivity contribution >= 4 is 34.3 Å². The average molecular weight is 407 g/mol. The zero-order chi connectivity index (χ0) is 19.7. The quantitative estimate of drug-likeness (QED) is 0.310. The average Bonchev–Trinajstić information content (AvgIpc) is 2.66. The lowest BCUT2D eigenvalue weighted by atomic mass is 10.1. The summed E-state index contributed by atoms with van der Waals surface area (Å²) in [7, 11) is 0. The van der Waals surface area contributed by atoms with Gasteiger partial charge in [-0.25, -0.2) is 4.98 Å². The van der Waals surface area contributed by atoms with Gasteiger partial charge >= 0.3 is 0 Å². The molecule has 0 aliphatic rings. The van der Waals surface area contributed by atoms with Crippen LogP contribution in [-0.4, -0.2) is 9.55 Å². The van der Waals surface area contributed by atoms with Gasteiger partial charge in [-0.05, 0) is 66.9 Å². The Bertz CT molecular complexity index is 1210. The second kappa shape index (κ2) is 7.82. The molecule has 0 amide bonds. The third-order valence-corrected chi connectivity index (χ3v) is 5.71. The summed E-state index contributed by atoms with van der Waals surface area (Å²) < 4.78 is 1.72. The fraction of sp³-hybridized carbons (Fsp3) is 0.130. The van der Waals surface area contributed by atoms with Crippen LogP contribution in [0.15, 0.2) is 76.7 Å². The van der Waals surface area contributed by atoms with Crippen LogP contribution in [0.1, 0.15) is 16.7 Å². The highest BCUT2D eigenvalue weighted by Gasteiger charge is 2.14. The molecule has 0 unspecified atom stereocenters. The molecule has 0 atom stereocenters. The Hall–Kier alpha value is -2.56. The summed E-state index contributed by atoms with van der Waals surface area (Å²) in [6, 6.07) is 21.4. The maximum absolute atomic E-state index is 13.3. The van der Waals surface area contributed by atoms with E-state index in [0.717, 1.165) is 22.4 Å². The molecule has 0 aliphatic carbocycles. The van der Waals surface area contributed by atoms with Crippen molar-refractivity contribution in [3.8, 4) is 5.69 Å². The van der Waals surface area contributed by atoms with Crippen LogP contribution < -0.4 is 5.56 Å². The molecule has 3 aromatic carbocycles. The molecule has 0 saturated carbocycles. The highest BCUT2D eigenvalue weighted by atomic mass is 35.5. The van der Waals surface area contributed by atoms with E-state index in [1.54, 1.807) is 4.57 Å². The molecular formula is C23H19ClN2OS. The van der Waals surface area contributed by atoms with E-state index >= 15 is 0 Å². The van der Waals surface area contributed by atoms with Gasteiger partial charge in [-0.15, -0.1) is 0 Å². The molecule has 0 bridgehead atoms. The number of nitrogens with zero attached hydrogens (tertiary/aromatic N) is 2. The largest absolute Gasteiger partial charge is 0.268 e. The minimum absolute atomic E-state index is 0.0517. The van der Waals surface area contributed by atoms with E-state index in [9.17, 15) is 4.79 Å². The molecule has 1 aromatic heterocycles. The van der Waals surface area contributed by atoms with E-state index < -0.39 is 0 Å². The fourth-order valence-corrected chi connectivity index (χ4v) is 4.46. The van der Waals surface area contributed by atoms with E-state index in [2.05, 4.69) is 6.07 Å². The van der Waals surface area contributed by atoms with Crippen molar-refractivity contribution in [2.45, 2.75) is 24.8 Å². The molecule has 4 aromatic rings. The van der Waals surface area contributed by atoms with Gasteiger partial charge in [0.25, 0.3) is 5.56 Å². The molecule has 0 N–H and O–H groups in total. The van der Waals surface area contributed by atoms with Crippen molar-refractivity contribution < 1.29 is 0 Å². The molecule has 0 saturated heterocycles. The van der Waals surface area contributed by atoms with Crippen LogP contribution in [0.2, 0.25) is 5.02 Å². The number of rotatable bonds is 4. The second-order valence-corrected chi connectivity index (χ2v) is 8.20. The number of para-hydroxylation sites is 1. The number of hydrogen-bond acceptors (Lipinski definition) is 3. The third-order valence-electron chi connectivity index (χ3n) is 4.47. The number of fused-ring (bicyclic) bond motifs is 1. The van der Waals surface area contributed by atoms with E-state index in [4.69, 9.17) is 16.6 Å². The Morgan fingerprint density at radius 1 is 0.964 bits per heavy atom. The van der Waals surface area contributed by atoms with Crippen LogP contribution in [-0.2, 0) is 5.75 Å². The Labute approximate surface area is 173 Å². The summed E-state index contributed by atoms with van der Waals surface area (Å²) in [5, 5.41) is 2.00. The molecular weight excluding hydrogens is 388 g/mol. The number of hydrogen-bond donors (Lipinski definition) is 0. The highest BCUT2D eigenvalue weighted by molar-refractivity contribution is 7.98. The van der Waals surface area contributed by atoms with E-state index in [0.29, 0.717) is 26.8 Å². The predicted molar refractivity (Wildman–Crippen MR) is 118 cm³/mol. The molecule has 5 heteroatoms. The maximum Gasteiger partial charge on any atom is 0.266 e. The number of aryl methyl sites for hydroxylation is 2. The summed E-state index contributed by atoms with van der Waals surface area (Å²) in [6.45, 7) is 4.07. The summed E-state index contributed by atoms with van der Waals surface area (Å²) in [5.74, 6) is 0.677. The Balaban J connectivity index is 1.87. The standard InChI is InChI=1S/C23H19ClN2OS/c1-15-10-16(2)12-19(11-15)26-22(27)20-8-3-4-9-21(20)25-23(26)28-14-17-6-5-7-18(24)13-17/h3-13H,14H2,1-2H3. The SMILES string of the molecule is Cc1cc(C)cc(-n2c(SCc3cccc(Cl)c3)nc3ccccc3c2=O)c1. The number of benzene rings is 3. The molecule has 1 heterocycles. The maximum atomic E-state index is 13.3. The molecule has 0 radical (unpaired) electrons. The first-order valence-corrected chi connectivity index (χ1v) is 10.4. The van der Waals surface area contributed by atoms with Crippen molar-refractivity contribution in [3.63, 3.8) is 0 Å². The molecule has 3 nitrogen and oxygen atoms in total. The van der Waals surface area contributed by atoms with Crippen molar-refractivity contribution in [1.29, 1.82) is 0 Å². The van der Waals surface area contributed by atoms with Crippen molar-refractivity contribution in [3.05, 3.63) is 98.8 Å². The fourth-order valence-electron chi connectivity index (χ4n) is 3.29. The van der Waals surface area contributed by atoms with Crippen molar-refractivity contribution in [2.24, 2.45) is 0 Å². The van der Waals surface area contributed by atoms with Gasteiger partial charge in [0.2, 0.25) is 0 Å². The predicted octanol–water partition coefficient (Wildman–Crippen LogP) is 5.95. The van der Waals surface area contributed by atoms with Crippen LogP contribution in [0.5, 0.6) is 0 Å². The van der Waals surface area contributed by atoms with Crippen LogP contribution >= 0.6 is 23.4 Å². The molecule has 140 valence electrons. The number of aromatic nitrogens is 2. The summed E-state index contributed by atoms with van der Waals surface area (Å²) in [4.78, 5) is 18.1. The lowest BCUT2D eigenvalue weighted by Crippen LogP contribution is -2.22. The molecule has 0 aliphatic heterocycles. The molecule has 0 fully saturated rings. The summed E-state index contributed by atoms with van der Waals surface area (Å²) in [5.41, 5.74) is 4.81. The number of halogens is 1. The summed E-state index contributed by atoms with van der Waals surface area (Å²) >= 11 is 7.65. The normalized spacial score (nSPS) is 11.1. The van der Waals surface area contributed by atoms with Gasteiger partial charge in [-0.2, -0.15) is 0 Å². The zero-order valence-electron chi connectivity index (χ0n) is 15.6. The topological polar surface area (TPSA) is 34.9 Å². The Kier molecular flexibility index (Phi) is 5.25. The van der Waals surface area contributed by atoms with Gasteiger partial charge in [0.15, 0.2) is 5.16 Å². The lowest BCUT2D eigenvalue weighted by Gasteiger charge is -2.14. The minimum Gasteiger partial charge on any atom is -0.268 e. The monoisotopic (exact) mass is 406 g/mol. The van der Waals surface area contributed by atoms with Gasteiger partial charge in [-0.1, -0.05) is 53.7 Å². The third kappa shape index (κ3) is 3.84. The lowest BCUT2D eigenvalue weighted by molar-refractivity contribution is 0.818. The highest BCUT2D eigenvalue weighted by Crippen LogP contribution is 2.26. The first-order valence-electron chi connectivity index (χ1n) is 8.99. The van der Waals surface area contributed by atoms with Gasteiger partial charge in [0.05, 0.1) is 16.6 Å². The van der Waals surface area contributed by atoms with Crippen LogP contribution in [0.3, 0.4) is 0 Å². The van der Waals surface area contributed by atoms with Crippen LogP contribution in [0.4, 0.5) is 0 Å². The van der Waals surface area contributed by atoms with E-state index in [1.807, 2.05) is 74.5 Å². The van der Waals surface area contributed by atoms with Gasteiger partial charge in [0, 0.05) is 10.8 Å². The first-order chi connectivity index (χ1) is 13.5. The van der Waals surface area contributed by atoms with Crippen LogP contribution in [0.25, 0.3) is 16.6 Å². The molecule has 4 rings (SSSR count). The Morgan fingerprint density at radius 2 is 1.71 bits per heavy atom. The van der Waals surface area contributed by atoms with Gasteiger partial charge < -0.3 is 0 Å². The molecule has 28 heavy (non-hydrogen) atoms. The van der Waals surface area contributed by atoms with Crippen LogP contribution in [0, 0.1) is 13.8 Å². The minimum atomic E-state index is -0.0517. The van der Waals surface area contributed by atoms with Gasteiger partial charge in [-0.3, -0.25) is 9.36 Å². The zero-order valence-corrected chi connectivity index (χ0v) is 17.2. The van der Waals surface area contributed by atoms with Crippen molar-refractivity contribution in [2.75, 3.05) is 0 Å². The van der Waals surface area contributed by atoms with Gasteiger partial charge in [0.1, 0.15) is 0 Å². The number of thioether (sulfide) groups is 1. The molecule has 0 spiro atoms. The van der Waals surface area contributed by atoms with E-state index in [1.165, 1.54) is 11.8 Å². The Morgan fingerprint density at radius 3 is 2.46 bits per heavy atom. The summed E-state index contributed by atoms with van der Waals surface area (Å²) in [6.07, 6.45) is 0. The first kappa shape index (κ1) is 18.8.